The Bertz CT molecular complexity index is 1200. The van der Waals surface area contributed by atoms with Gasteiger partial charge in [-0.3, -0.25) is 9.59 Å². The van der Waals surface area contributed by atoms with Gasteiger partial charge in [-0.15, -0.1) is 11.8 Å². The molecule has 0 heterocycles. The van der Waals surface area contributed by atoms with Gasteiger partial charge in [0.2, 0.25) is 11.8 Å². The highest BCUT2D eigenvalue weighted by atomic mass is 79.9. The summed E-state index contributed by atoms with van der Waals surface area (Å²) in [5.41, 5.74) is 3.16. The first-order valence-corrected chi connectivity index (χ1v) is 15.6. The lowest BCUT2D eigenvalue weighted by Crippen LogP contribution is -2.53. The molecule has 4 rings (SSSR count). The van der Waals surface area contributed by atoms with Crippen LogP contribution in [0.4, 0.5) is 0 Å². The van der Waals surface area contributed by atoms with Gasteiger partial charge in [0, 0.05) is 29.2 Å². The summed E-state index contributed by atoms with van der Waals surface area (Å²) >= 11 is 5.12. The molecule has 1 saturated carbocycles. The Balaban J connectivity index is 1.55. The van der Waals surface area contributed by atoms with E-state index in [4.69, 9.17) is 4.74 Å². The topological polar surface area (TPSA) is 58.6 Å². The van der Waals surface area contributed by atoms with Gasteiger partial charge in [-0.05, 0) is 53.8 Å². The summed E-state index contributed by atoms with van der Waals surface area (Å²) in [5.74, 6) is 1.72. The fraction of sp³-hybridized carbons (Fsp3) is 0.375. The van der Waals surface area contributed by atoms with Gasteiger partial charge in [-0.1, -0.05) is 89.8 Å². The van der Waals surface area contributed by atoms with E-state index in [2.05, 4.69) is 21.2 Å². The van der Waals surface area contributed by atoms with E-state index in [1.807, 2.05) is 78.9 Å². The van der Waals surface area contributed by atoms with Crippen molar-refractivity contribution >= 4 is 39.5 Å². The second-order valence-corrected chi connectivity index (χ2v) is 11.9. The maximum Gasteiger partial charge on any atom is 0.243 e. The molecule has 1 N–H and O–H groups in total. The zero-order valence-corrected chi connectivity index (χ0v) is 24.9. The van der Waals surface area contributed by atoms with Crippen LogP contribution in [0.15, 0.2) is 83.3 Å². The van der Waals surface area contributed by atoms with Gasteiger partial charge in [-0.2, -0.15) is 0 Å². The van der Waals surface area contributed by atoms with Crippen molar-refractivity contribution in [2.45, 2.75) is 62.9 Å². The minimum absolute atomic E-state index is 0.0341. The van der Waals surface area contributed by atoms with E-state index in [1.54, 1.807) is 23.8 Å². The van der Waals surface area contributed by atoms with Gasteiger partial charge in [0.15, 0.2) is 0 Å². The quantitative estimate of drug-likeness (QED) is 0.246. The summed E-state index contributed by atoms with van der Waals surface area (Å²) in [6.45, 7) is 0.372. The van der Waals surface area contributed by atoms with Gasteiger partial charge in [0.05, 0.1) is 12.9 Å². The summed E-state index contributed by atoms with van der Waals surface area (Å²) in [6, 6.07) is 25.4. The number of thioether (sulfide) groups is 1. The molecular formula is C32H37BrN2O3S. The Morgan fingerprint density at radius 3 is 2.36 bits per heavy atom. The van der Waals surface area contributed by atoms with Gasteiger partial charge in [-0.25, -0.2) is 0 Å². The van der Waals surface area contributed by atoms with E-state index in [0.29, 0.717) is 24.5 Å². The first kappa shape index (κ1) is 29.2. The Morgan fingerprint density at radius 1 is 0.949 bits per heavy atom. The number of hydrogen-bond acceptors (Lipinski definition) is 4. The van der Waals surface area contributed by atoms with Crippen LogP contribution in [0.25, 0.3) is 0 Å². The number of hydrogen-bond donors (Lipinski definition) is 1. The third-order valence-corrected chi connectivity index (χ3v) is 8.60. The minimum atomic E-state index is -0.595. The lowest BCUT2D eigenvalue weighted by Gasteiger charge is -2.33. The minimum Gasteiger partial charge on any atom is -0.497 e. The third kappa shape index (κ3) is 9.14. The van der Waals surface area contributed by atoms with Crippen LogP contribution in [0.2, 0.25) is 0 Å². The first-order valence-electron chi connectivity index (χ1n) is 13.6. The Hall–Kier alpha value is -2.77. The molecule has 0 aliphatic heterocycles. The van der Waals surface area contributed by atoms with Crippen molar-refractivity contribution in [2.24, 2.45) is 0 Å². The molecular weight excluding hydrogens is 572 g/mol. The molecule has 0 radical (unpaired) electrons. The molecule has 3 aromatic carbocycles. The highest BCUT2D eigenvalue weighted by molar-refractivity contribution is 9.10. The van der Waals surface area contributed by atoms with Crippen LogP contribution >= 0.6 is 27.7 Å². The van der Waals surface area contributed by atoms with Crippen LogP contribution < -0.4 is 10.1 Å². The summed E-state index contributed by atoms with van der Waals surface area (Å²) in [6.07, 6.45) is 5.97. The van der Waals surface area contributed by atoms with E-state index in [0.717, 1.165) is 52.6 Å². The predicted molar refractivity (Wildman–Crippen MR) is 163 cm³/mol. The molecule has 0 saturated heterocycles. The Labute approximate surface area is 244 Å². The molecule has 1 unspecified atom stereocenters. The maximum atomic E-state index is 13.8. The summed E-state index contributed by atoms with van der Waals surface area (Å²) < 4.78 is 6.20. The van der Waals surface area contributed by atoms with Crippen molar-refractivity contribution in [2.75, 3.05) is 12.9 Å². The lowest BCUT2D eigenvalue weighted by atomic mass is 9.94. The molecule has 39 heavy (non-hydrogen) atoms. The van der Waals surface area contributed by atoms with Crippen molar-refractivity contribution in [1.29, 1.82) is 0 Å². The summed E-state index contributed by atoms with van der Waals surface area (Å²) in [7, 11) is 1.65. The molecule has 3 aromatic rings. The van der Waals surface area contributed by atoms with E-state index < -0.39 is 6.04 Å². The van der Waals surface area contributed by atoms with Gasteiger partial charge < -0.3 is 15.0 Å². The normalized spacial score (nSPS) is 14.4. The summed E-state index contributed by atoms with van der Waals surface area (Å²) in [4.78, 5) is 29.5. The smallest absolute Gasteiger partial charge is 0.243 e. The van der Waals surface area contributed by atoms with Crippen LogP contribution in [0.3, 0.4) is 0 Å². The number of halogens is 1. The molecule has 0 aromatic heterocycles. The fourth-order valence-electron chi connectivity index (χ4n) is 4.99. The van der Waals surface area contributed by atoms with Crippen molar-refractivity contribution in [3.63, 3.8) is 0 Å². The molecule has 5 nitrogen and oxygen atoms in total. The number of rotatable bonds is 12. The predicted octanol–water partition coefficient (Wildman–Crippen LogP) is 6.78. The standard InChI is InChI=1S/C32H37BrN2O3S/c1-38-29-17-15-25(16-18-29)22-39-23-31(36)35(21-26-11-8-12-27(33)19-26)30(20-24-9-4-2-5-10-24)32(37)34-28-13-6-3-7-14-28/h2,4-5,8-12,15-19,28,30H,3,6-7,13-14,20-23H2,1H3,(H,34,37). The Kier molecular flexibility index (Phi) is 11.3. The maximum absolute atomic E-state index is 13.8. The SMILES string of the molecule is COc1ccc(CSCC(=O)N(Cc2cccc(Br)c2)C(Cc2ccccc2)C(=O)NC2CCCCC2)cc1. The number of ether oxygens (including phenoxy) is 1. The highest BCUT2D eigenvalue weighted by Crippen LogP contribution is 2.22. The zero-order chi connectivity index (χ0) is 27.5. The van der Waals surface area contributed by atoms with E-state index >= 15 is 0 Å². The monoisotopic (exact) mass is 608 g/mol. The molecule has 1 aliphatic rings. The highest BCUT2D eigenvalue weighted by Gasteiger charge is 2.31. The number of methoxy groups -OCH3 is 1. The van der Waals surface area contributed by atoms with Crippen LogP contribution in [-0.4, -0.2) is 41.7 Å². The lowest BCUT2D eigenvalue weighted by molar-refractivity contribution is -0.139. The van der Waals surface area contributed by atoms with Crippen molar-refractivity contribution in [1.82, 2.24) is 10.2 Å². The fourth-order valence-corrected chi connectivity index (χ4v) is 6.31. The number of amides is 2. The van der Waals surface area contributed by atoms with Crippen LogP contribution in [0.5, 0.6) is 5.75 Å². The third-order valence-electron chi connectivity index (χ3n) is 7.12. The van der Waals surface area contributed by atoms with E-state index in [9.17, 15) is 9.59 Å². The average Bonchev–Trinajstić information content (AvgIpc) is 2.96. The summed E-state index contributed by atoms with van der Waals surface area (Å²) in [5, 5.41) is 3.30. The number of nitrogens with zero attached hydrogens (tertiary/aromatic N) is 1. The van der Waals surface area contributed by atoms with Crippen molar-refractivity contribution in [3.8, 4) is 5.75 Å². The molecule has 1 fully saturated rings. The number of benzene rings is 3. The number of nitrogens with one attached hydrogen (secondary N) is 1. The molecule has 2 amide bonds. The Morgan fingerprint density at radius 2 is 1.67 bits per heavy atom. The van der Waals surface area contributed by atoms with Gasteiger partial charge in [0.1, 0.15) is 11.8 Å². The van der Waals surface area contributed by atoms with Gasteiger partial charge >= 0.3 is 0 Å². The van der Waals surface area contributed by atoms with Crippen molar-refractivity contribution < 1.29 is 14.3 Å². The zero-order valence-electron chi connectivity index (χ0n) is 22.5. The molecule has 0 bridgehead atoms. The average molecular weight is 610 g/mol. The molecule has 1 aliphatic carbocycles. The second-order valence-electron chi connectivity index (χ2n) is 10.0. The first-order chi connectivity index (χ1) is 19.0. The largest absolute Gasteiger partial charge is 0.497 e. The van der Waals surface area contributed by atoms with Gasteiger partial charge in [0.25, 0.3) is 0 Å². The molecule has 7 heteroatoms. The number of carbonyl (C=O) groups excluding carboxylic acids is 2. The second kappa shape index (κ2) is 15.1. The van der Waals surface area contributed by atoms with E-state index in [-0.39, 0.29) is 17.9 Å². The number of carbonyl (C=O) groups is 2. The van der Waals surface area contributed by atoms with Crippen molar-refractivity contribution in [3.05, 3.63) is 100 Å². The molecule has 206 valence electrons. The molecule has 0 spiro atoms. The van der Waals surface area contributed by atoms with Crippen LogP contribution in [0.1, 0.15) is 48.8 Å². The van der Waals surface area contributed by atoms with E-state index in [1.165, 1.54) is 6.42 Å². The van der Waals surface area contributed by atoms with Crippen LogP contribution in [0, 0.1) is 0 Å². The molecule has 1 atom stereocenters. The van der Waals surface area contributed by atoms with Crippen LogP contribution in [-0.2, 0) is 28.3 Å².